The standard InChI is InChI=1S/C28H21ClN6O2S/c1-14-10-20-26(24(19(14)12-23(36)37)16-4-6-18(29)7-5-16)38-28(32-20)17-8-9-30-21(11-17)27-31-13-22-25(33-27)15(2)34-35(22)3/h4-11,13H,12H2,1-3H3,(H,36,37). The molecule has 2 aromatic carbocycles. The normalized spacial score (nSPS) is 11.5. The summed E-state index contributed by atoms with van der Waals surface area (Å²) >= 11 is 7.66. The van der Waals surface area contributed by atoms with Crippen LogP contribution in [0.3, 0.4) is 0 Å². The van der Waals surface area contributed by atoms with Crippen LogP contribution in [0.1, 0.15) is 16.8 Å². The number of hydrogen-bond acceptors (Lipinski definition) is 7. The maximum Gasteiger partial charge on any atom is 0.307 e. The molecule has 10 heteroatoms. The summed E-state index contributed by atoms with van der Waals surface area (Å²) in [6.45, 7) is 3.84. The number of thiazole rings is 1. The number of benzene rings is 2. The highest BCUT2D eigenvalue weighted by Crippen LogP contribution is 2.41. The maximum absolute atomic E-state index is 11.7. The number of pyridine rings is 1. The number of aryl methyl sites for hydroxylation is 3. The topological polar surface area (TPSA) is 107 Å². The summed E-state index contributed by atoms with van der Waals surface area (Å²) in [5.74, 6) is -0.370. The zero-order valence-electron chi connectivity index (χ0n) is 20.7. The quantitative estimate of drug-likeness (QED) is 0.275. The Hall–Kier alpha value is -4.21. The first-order valence-electron chi connectivity index (χ1n) is 11.8. The molecule has 8 nitrogen and oxygen atoms in total. The van der Waals surface area contributed by atoms with Gasteiger partial charge in [0.2, 0.25) is 0 Å². The highest BCUT2D eigenvalue weighted by Gasteiger charge is 2.20. The molecule has 188 valence electrons. The van der Waals surface area contributed by atoms with Gasteiger partial charge in [-0.05, 0) is 60.9 Å². The van der Waals surface area contributed by atoms with Gasteiger partial charge in [0.1, 0.15) is 21.7 Å². The van der Waals surface area contributed by atoms with Crippen LogP contribution in [0.25, 0.3) is 54.5 Å². The van der Waals surface area contributed by atoms with Crippen LogP contribution in [-0.2, 0) is 18.3 Å². The molecule has 4 heterocycles. The molecule has 0 atom stereocenters. The maximum atomic E-state index is 11.7. The van der Waals surface area contributed by atoms with Gasteiger partial charge >= 0.3 is 5.97 Å². The van der Waals surface area contributed by atoms with Gasteiger partial charge in [-0.3, -0.25) is 14.5 Å². The number of carboxylic acids is 1. The third kappa shape index (κ3) is 4.19. The molecule has 0 aliphatic rings. The minimum atomic E-state index is -0.882. The first-order valence-corrected chi connectivity index (χ1v) is 13.0. The number of fused-ring (bicyclic) bond motifs is 2. The number of carboxylic acid groups (broad SMARTS) is 1. The van der Waals surface area contributed by atoms with Crippen LogP contribution >= 0.6 is 22.9 Å². The lowest BCUT2D eigenvalue weighted by Gasteiger charge is -2.13. The van der Waals surface area contributed by atoms with Crippen molar-refractivity contribution in [2.75, 3.05) is 0 Å². The summed E-state index contributed by atoms with van der Waals surface area (Å²) in [5.41, 5.74) is 8.22. The first-order chi connectivity index (χ1) is 18.3. The monoisotopic (exact) mass is 540 g/mol. The van der Waals surface area contributed by atoms with E-state index in [1.165, 1.54) is 11.3 Å². The van der Waals surface area contributed by atoms with E-state index in [0.717, 1.165) is 59.8 Å². The van der Waals surface area contributed by atoms with Crippen molar-refractivity contribution >= 4 is 50.2 Å². The largest absolute Gasteiger partial charge is 0.481 e. The van der Waals surface area contributed by atoms with Crippen molar-refractivity contribution in [3.63, 3.8) is 0 Å². The summed E-state index contributed by atoms with van der Waals surface area (Å²) in [6.07, 6.45) is 3.40. The highest BCUT2D eigenvalue weighted by atomic mass is 35.5. The van der Waals surface area contributed by atoms with E-state index in [1.54, 1.807) is 17.1 Å². The summed E-state index contributed by atoms with van der Waals surface area (Å²) in [4.78, 5) is 30.4. The van der Waals surface area contributed by atoms with E-state index >= 15 is 0 Å². The van der Waals surface area contributed by atoms with Gasteiger partial charge < -0.3 is 5.11 Å². The predicted octanol–water partition coefficient (Wildman–Crippen LogP) is 6.27. The second-order valence-corrected chi connectivity index (χ2v) is 10.5. The summed E-state index contributed by atoms with van der Waals surface area (Å²) in [6, 6.07) is 13.2. The van der Waals surface area contributed by atoms with E-state index in [1.807, 2.05) is 63.4 Å². The molecule has 0 unspecified atom stereocenters. The van der Waals surface area contributed by atoms with Gasteiger partial charge in [-0.1, -0.05) is 23.7 Å². The third-order valence-electron chi connectivity index (χ3n) is 6.47. The van der Waals surface area contributed by atoms with Crippen LogP contribution in [0.4, 0.5) is 0 Å². The van der Waals surface area contributed by atoms with Gasteiger partial charge in [-0.25, -0.2) is 15.0 Å². The van der Waals surface area contributed by atoms with Crippen molar-refractivity contribution in [3.05, 3.63) is 76.7 Å². The van der Waals surface area contributed by atoms with Crippen molar-refractivity contribution in [1.29, 1.82) is 0 Å². The average Bonchev–Trinajstić information content (AvgIpc) is 3.45. The molecule has 38 heavy (non-hydrogen) atoms. The van der Waals surface area contributed by atoms with Crippen molar-refractivity contribution in [2.45, 2.75) is 20.3 Å². The number of rotatable bonds is 5. The summed E-state index contributed by atoms with van der Waals surface area (Å²) in [5, 5.41) is 15.5. The lowest BCUT2D eigenvalue weighted by Crippen LogP contribution is -2.04. The fourth-order valence-corrected chi connectivity index (χ4v) is 5.93. The zero-order chi connectivity index (χ0) is 26.6. The zero-order valence-corrected chi connectivity index (χ0v) is 22.3. The Balaban J connectivity index is 1.50. The Morgan fingerprint density at radius 1 is 1.05 bits per heavy atom. The van der Waals surface area contributed by atoms with Crippen molar-refractivity contribution in [3.8, 4) is 33.2 Å². The number of carbonyl (C=O) groups is 1. The Bertz CT molecular complexity index is 1880. The van der Waals surface area contributed by atoms with Gasteiger partial charge in [0.15, 0.2) is 5.82 Å². The lowest BCUT2D eigenvalue weighted by molar-refractivity contribution is -0.136. The molecule has 0 aliphatic carbocycles. The minimum absolute atomic E-state index is 0.0834. The van der Waals surface area contributed by atoms with Crippen LogP contribution in [0.15, 0.2) is 54.9 Å². The van der Waals surface area contributed by atoms with Gasteiger partial charge in [0, 0.05) is 29.4 Å². The van der Waals surface area contributed by atoms with Gasteiger partial charge in [0.05, 0.1) is 28.5 Å². The van der Waals surface area contributed by atoms with E-state index in [4.69, 9.17) is 21.6 Å². The molecule has 0 spiro atoms. The van der Waals surface area contributed by atoms with Crippen molar-refractivity contribution < 1.29 is 9.90 Å². The molecule has 0 saturated heterocycles. The molecular formula is C28H21ClN6O2S. The van der Waals surface area contributed by atoms with E-state index in [2.05, 4.69) is 15.1 Å². The predicted molar refractivity (Wildman–Crippen MR) is 149 cm³/mol. The molecule has 0 aliphatic heterocycles. The van der Waals surface area contributed by atoms with E-state index < -0.39 is 5.97 Å². The smallest absolute Gasteiger partial charge is 0.307 e. The number of nitrogens with zero attached hydrogens (tertiary/aromatic N) is 6. The summed E-state index contributed by atoms with van der Waals surface area (Å²) < 4.78 is 2.68. The minimum Gasteiger partial charge on any atom is -0.481 e. The third-order valence-corrected chi connectivity index (χ3v) is 7.86. The second kappa shape index (κ2) is 9.27. The van der Waals surface area contributed by atoms with Gasteiger partial charge in [0.25, 0.3) is 0 Å². The van der Waals surface area contributed by atoms with Crippen LogP contribution < -0.4 is 0 Å². The highest BCUT2D eigenvalue weighted by molar-refractivity contribution is 7.22. The number of halogens is 1. The first kappa shape index (κ1) is 24.1. The Labute approximate surface area is 226 Å². The van der Waals surface area contributed by atoms with Crippen LogP contribution in [0, 0.1) is 13.8 Å². The SMILES string of the molecule is Cc1cc2nc(-c3ccnc(-c4ncc5c(n4)c(C)nn5C)c3)sc2c(-c2ccc(Cl)cc2)c1CC(=O)O. The van der Waals surface area contributed by atoms with E-state index in [9.17, 15) is 9.90 Å². The fraction of sp³-hybridized carbons (Fsp3) is 0.143. The Morgan fingerprint density at radius 2 is 1.84 bits per heavy atom. The summed E-state index contributed by atoms with van der Waals surface area (Å²) in [7, 11) is 1.87. The molecule has 6 rings (SSSR count). The number of aromatic nitrogens is 6. The molecule has 0 radical (unpaired) electrons. The molecule has 0 amide bonds. The molecular weight excluding hydrogens is 520 g/mol. The molecule has 0 saturated carbocycles. The van der Waals surface area contributed by atoms with Crippen LogP contribution in [0.5, 0.6) is 0 Å². The second-order valence-electron chi connectivity index (χ2n) is 9.06. The van der Waals surface area contributed by atoms with Crippen molar-refractivity contribution in [2.24, 2.45) is 7.05 Å². The number of hydrogen-bond donors (Lipinski definition) is 1. The molecule has 0 fully saturated rings. The molecule has 6 aromatic rings. The van der Waals surface area contributed by atoms with E-state index in [0.29, 0.717) is 16.5 Å². The molecule has 1 N–H and O–H groups in total. The Kier molecular flexibility index (Phi) is 5.89. The molecule has 4 aromatic heterocycles. The fourth-order valence-electron chi connectivity index (χ4n) is 4.67. The van der Waals surface area contributed by atoms with Crippen LogP contribution in [0.2, 0.25) is 5.02 Å². The Morgan fingerprint density at radius 3 is 2.61 bits per heavy atom. The van der Waals surface area contributed by atoms with Crippen LogP contribution in [-0.4, -0.2) is 40.8 Å². The van der Waals surface area contributed by atoms with Gasteiger partial charge in [-0.15, -0.1) is 11.3 Å². The van der Waals surface area contributed by atoms with Crippen molar-refractivity contribution in [1.82, 2.24) is 29.7 Å². The molecule has 0 bridgehead atoms. The average molecular weight is 541 g/mol. The van der Waals surface area contributed by atoms with Gasteiger partial charge in [-0.2, -0.15) is 5.10 Å². The lowest BCUT2D eigenvalue weighted by atomic mass is 9.93. The van der Waals surface area contributed by atoms with E-state index in [-0.39, 0.29) is 6.42 Å². The number of aliphatic carboxylic acids is 1.